The lowest BCUT2D eigenvalue weighted by Gasteiger charge is -2.32. The first kappa shape index (κ1) is 16.9. The fourth-order valence-corrected chi connectivity index (χ4v) is 2.75. The van der Waals surface area contributed by atoms with Crippen LogP contribution in [0, 0.1) is 0 Å². The van der Waals surface area contributed by atoms with Crippen molar-refractivity contribution in [1.29, 1.82) is 0 Å². The minimum Gasteiger partial charge on any atom is -0.369 e. The molecule has 1 aromatic heterocycles. The lowest BCUT2D eigenvalue weighted by atomic mass is 10.1. The van der Waals surface area contributed by atoms with Gasteiger partial charge in [0.25, 0.3) is 0 Å². The molecule has 1 rings (SSSR count). The first-order valence-corrected chi connectivity index (χ1v) is 8.05. The Balaban J connectivity index is 2.95. The molecule has 0 bridgehead atoms. The van der Waals surface area contributed by atoms with Crippen LogP contribution in [0.2, 0.25) is 0 Å². The molecule has 20 heavy (non-hydrogen) atoms. The molecule has 1 aromatic rings. The van der Waals surface area contributed by atoms with Crippen LogP contribution >= 0.6 is 0 Å². The third-order valence-electron chi connectivity index (χ3n) is 3.31. The van der Waals surface area contributed by atoms with Gasteiger partial charge in [0.1, 0.15) is 10.7 Å². The highest BCUT2D eigenvalue weighted by molar-refractivity contribution is 7.89. The van der Waals surface area contributed by atoms with Crippen LogP contribution in [0.5, 0.6) is 0 Å². The first-order chi connectivity index (χ1) is 9.20. The van der Waals surface area contributed by atoms with Gasteiger partial charge < -0.3 is 10.2 Å². The molecular formula is C13H24N4O2S. The highest BCUT2D eigenvalue weighted by atomic mass is 32.2. The fourth-order valence-electron chi connectivity index (χ4n) is 1.42. The van der Waals surface area contributed by atoms with Crippen LogP contribution < -0.4 is 10.0 Å². The SMILES string of the molecule is CCNc1ncccc1S(=O)(=O)NCC(C)(C)N(C)C. The van der Waals surface area contributed by atoms with E-state index in [1.54, 1.807) is 18.3 Å². The highest BCUT2D eigenvalue weighted by Gasteiger charge is 2.25. The Bertz CT molecular complexity index is 541. The monoisotopic (exact) mass is 300 g/mol. The van der Waals surface area contributed by atoms with Gasteiger partial charge in [0, 0.05) is 24.8 Å². The summed E-state index contributed by atoms with van der Waals surface area (Å²) in [7, 11) is 0.257. The normalized spacial score (nSPS) is 12.7. The van der Waals surface area contributed by atoms with Gasteiger partial charge >= 0.3 is 0 Å². The second-order valence-electron chi connectivity index (χ2n) is 5.41. The van der Waals surface area contributed by atoms with E-state index >= 15 is 0 Å². The van der Waals surface area contributed by atoms with Crippen molar-refractivity contribution >= 4 is 15.8 Å². The minimum atomic E-state index is -3.58. The maximum Gasteiger partial charge on any atom is 0.244 e. The molecule has 0 spiro atoms. The average molecular weight is 300 g/mol. The van der Waals surface area contributed by atoms with Crippen molar-refractivity contribution in [2.45, 2.75) is 31.2 Å². The van der Waals surface area contributed by atoms with Gasteiger partial charge in [0.05, 0.1) is 0 Å². The van der Waals surface area contributed by atoms with Gasteiger partial charge in [-0.3, -0.25) is 0 Å². The number of nitrogens with zero attached hydrogens (tertiary/aromatic N) is 2. The predicted molar refractivity (Wildman–Crippen MR) is 81.4 cm³/mol. The average Bonchev–Trinajstić information content (AvgIpc) is 2.37. The molecule has 0 aromatic carbocycles. The number of anilines is 1. The Morgan fingerprint density at radius 2 is 2.00 bits per heavy atom. The number of rotatable bonds is 7. The van der Waals surface area contributed by atoms with Crippen LogP contribution in [0.4, 0.5) is 5.82 Å². The predicted octanol–water partition coefficient (Wildman–Crippen LogP) is 1.13. The summed E-state index contributed by atoms with van der Waals surface area (Å²) >= 11 is 0. The molecule has 0 aliphatic heterocycles. The van der Waals surface area contributed by atoms with Crippen molar-refractivity contribution in [2.24, 2.45) is 0 Å². The van der Waals surface area contributed by atoms with E-state index in [0.717, 1.165) is 0 Å². The molecule has 6 nitrogen and oxygen atoms in total. The quantitative estimate of drug-likeness (QED) is 0.789. The van der Waals surface area contributed by atoms with Gasteiger partial charge in [0.15, 0.2) is 0 Å². The Hall–Kier alpha value is -1.18. The zero-order valence-corrected chi connectivity index (χ0v) is 13.6. The third-order valence-corrected chi connectivity index (χ3v) is 4.74. The Kier molecular flexibility index (Phi) is 5.50. The molecule has 1 heterocycles. The number of hydrogen-bond acceptors (Lipinski definition) is 5. The van der Waals surface area contributed by atoms with Gasteiger partial charge in [-0.25, -0.2) is 18.1 Å². The van der Waals surface area contributed by atoms with Gasteiger partial charge in [-0.1, -0.05) is 0 Å². The number of aromatic nitrogens is 1. The van der Waals surface area contributed by atoms with Crippen LogP contribution in [-0.4, -0.2) is 51.0 Å². The van der Waals surface area contributed by atoms with E-state index in [-0.39, 0.29) is 10.4 Å². The van der Waals surface area contributed by atoms with Crippen molar-refractivity contribution in [1.82, 2.24) is 14.6 Å². The van der Waals surface area contributed by atoms with E-state index in [9.17, 15) is 8.42 Å². The van der Waals surface area contributed by atoms with Gasteiger partial charge in [0.2, 0.25) is 10.0 Å². The van der Waals surface area contributed by atoms with E-state index in [4.69, 9.17) is 0 Å². The summed E-state index contributed by atoms with van der Waals surface area (Å²) in [6.45, 7) is 6.78. The van der Waals surface area contributed by atoms with Crippen LogP contribution in [0.1, 0.15) is 20.8 Å². The largest absolute Gasteiger partial charge is 0.369 e. The fraction of sp³-hybridized carbons (Fsp3) is 0.615. The molecule has 0 aliphatic carbocycles. The molecule has 0 radical (unpaired) electrons. The van der Waals surface area contributed by atoms with Crippen LogP contribution in [0.25, 0.3) is 0 Å². The molecular weight excluding hydrogens is 276 g/mol. The summed E-state index contributed by atoms with van der Waals surface area (Å²) in [6, 6.07) is 3.17. The lowest BCUT2D eigenvalue weighted by Crippen LogP contribution is -2.48. The Morgan fingerprint density at radius 3 is 2.55 bits per heavy atom. The smallest absolute Gasteiger partial charge is 0.244 e. The van der Waals surface area contributed by atoms with Crippen LogP contribution in [0.3, 0.4) is 0 Å². The van der Waals surface area contributed by atoms with E-state index in [1.165, 1.54) is 0 Å². The molecule has 0 saturated carbocycles. The summed E-state index contributed by atoms with van der Waals surface area (Å²) in [5.74, 6) is 0.380. The molecule has 2 N–H and O–H groups in total. The van der Waals surface area contributed by atoms with E-state index in [1.807, 2.05) is 39.8 Å². The molecule has 0 amide bonds. The summed E-state index contributed by atoms with van der Waals surface area (Å²) in [5, 5.41) is 2.96. The standard InChI is InChI=1S/C13H24N4O2S/c1-6-14-12-11(8-7-9-15-12)20(18,19)16-10-13(2,3)17(4)5/h7-9,16H,6,10H2,1-5H3,(H,14,15). The van der Waals surface area contributed by atoms with E-state index in [2.05, 4.69) is 15.0 Å². The second-order valence-corrected chi connectivity index (χ2v) is 7.15. The van der Waals surface area contributed by atoms with Crippen molar-refractivity contribution in [3.63, 3.8) is 0 Å². The summed E-state index contributed by atoms with van der Waals surface area (Å²) in [4.78, 5) is 6.23. The highest BCUT2D eigenvalue weighted by Crippen LogP contribution is 2.18. The van der Waals surface area contributed by atoms with Crippen molar-refractivity contribution in [2.75, 3.05) is 32.5 Å². The molecule has 7 heteroatoms. The molecule has 114 valence electrons. The van der Waals surface area contributed by atoms with Gasteiger partial charge in [-0.15, -0.1) is 0 Å². The van der Waals surface area contributed by atoms with Gasteiger partial charge in [-0.05, 0) is 47.0 Å². The lowest BCUT2D eigenvalue weighted by molar-refractivity contribution is 0.199. The number of pyridine rings is 1. The Labute approximate surface area is 121 Å². The van der Waals surface area contributed by atoms with Crippen molar-refractivity contribution in [3.8, 4) is 0 Å². The van der Waals surface area contributed by atoms with Crippen molar-refractivity contribution < 1.29 is 8.42 Å². The first-order valence-electron chi connectivity index (χ1n) is 6.56. The number of likely N-dealkylation sites (N-methyl/N-ethyl adjacent to an activating group) is 1. The number of hydrogen-bond donors (Lipinski definition) is 2. The molecule has 0 saturated heterocycles. The number of sulfonamides is 1. The Morgan fingerprint density at radius 1 is 1.35 bits per heavy atom. The summed E-state index contributed by atoms with van der Waals surface area (Å²) < 4.78 is 27.4. The molecule has 0 fully saturated rings. The molecule has 0 unspecified atom stereocenters. The molecule has 0 aliphatic rings. The summed E-state index contributed by atoms with van der Waals surface area (Å²) in [6.07, 6.45) is 1.57. The van der Waals surface area contributed by atoms with Crippen molar-refractivity contribution in [3.05, 3.63) is 18.3 Å². The summed E-state index contributed by atoms with van der Waals surface area (Å²) in [5.41, 5.74) is -0.270. The topological polar surface area (TPSA) is 74.3 Å². The minimum absolute atomic E-state index is 0.177. The van der Waals surface area contributed by atoms with Crippen LogP contribution in [0.15, 0.2) is 23.2 Å². The number of nitrogens with one attached hydrogen (secondary N) is 2. The zero-order chi connectivity index (χ0) is 15.4. The molecule has 0 atom stereocenters. The second kappa shape index (κ2) is 6.51. The van der Waals surface area contributed by atoms with E-state index < -0.39 is 10.0 Å². The zero-order valence-electron chi connectivity index (χ0n) is 12.8. The maximum absolute atomic E-state index is 12.4. The maximum atomic E-state index is 12.4. The van der Waals surface area contributed by atoms with E-state index in [0.29, 0.717) is 18.9 Å². The van der Waals surface area contributed by atoms with Gasteiger partial charge in [-0.2, -0.15) is 0 Å². The van der Waals surface area contributed by atoms with Crippen LogP contribution in [-0.2, 0) is 10.0 Å². The third kappa shape index (κ3) is 4.16.